The fraction of sp³-hybridized carbons (Fsp3) is 0.647. The fourth-order valence-corrected chi connectivity index (χ4v) is 3.84. The highest BCUT2D eigenvalue weighted by atomic mass is 16.5. The molecule has 20 heavy (non-hydrogen) atoms. The lowest BCUT2D eigenvalue weighted by atomic mass is 9.61. The zero-order chi connectivity index (χ0) is 14.4. The fourth-order valence-electron chi connectivity index (χ4n) is 3.84. The second kappa shape index (κ2) is 4.74. The SMILES string of the molecule is CN1CCC(C2(O)c3ccccc3OCC2(C)C)CC1. The number of hydrogen-bond donors (Lipinski definition) is 1. The van der Waals surface area contributed by atoms with Crippen molar-refractivity contribution >= 4 is 0 Å². The number of likely N-dealkylation sites (tertiary alicyclic amines) is 1. The highest BCUT2D eigenvalue weighted by Gasteiger charge is 2.54. The van der Waals surface area contributed by atoms with Gasteiger partial charge in [-0.3, -0.25) is 0 Å². The minimum absolute atomic E-state index is 0.262. The largest absolute Gasteiger partial charge is 0.493 e. The topological polar surface area (TPSA) is 32.7 Å². The van der Waals surface area contributed by atoms with Crippen molar-refractivity contribution in [1.29, 1.82) is 0 Å². The van der Waals surface area contributed by atoms with Crippen molar-refractivity contribution in [3.63, 3.8) is 0 Å². The molecule has 110 valence electrons. The van der Waals surface area contributed by atoms with E-state index in [1.165, 1.54) is 0 Å². The predicted molar refractivity (Wildman–Crippen MR) is 79.8 cm³/mol. The molecule has 1 unspecified atom stereocenters. The third-order valence-corrected chi connectivity index (χ3v) is 5.23. The lowest BCUT2D eigenvalue weighted by molar-refractivity contribution is -0.159. The summed E-state index contributed by atoms with van der Waals surface area (Å²) < 4.78 is 5.88. The number of nitrogens with zero attached hydrogens (tertiary/aromatic N) is 1. The van der Waals surface area contributed by atoms with Crippen LogP contribution in [0.1, 0.15) is 32.3 Å². The Morgan fingerprint density at radius 3 is 2.55 bits per heavy atom. The average molecular weight is 275 g/mol. The molecule has 0 aromatic heterocycles. The van der Waals surface area contributed by atoms with Gasteiger partial charge in [0.1, 0.15) is 11.4 Å². The van der Waals surface area contributed by atoms with Gasteiger partial charge in [-0.1, -0.05) is 32.0 Å². The van der Waals surface area contributed by atoms with Gasteiger partial charge < -0.3 is 14.7 Å². The molecule has 1 N–H and O–H groups in total. The van der Waals surface area contributed by atoms with E-state index in [0.29, 0.717) is 12.5 Å². The molecule has 1 aromatic rings. The van der Waals surface area contributed by atoms with E-state index in [2.05, 4.69) is 25.8 Å². The van der Waals surface area contributed by atoms with Crippen molar-refractivity contribution in [2.45, 2.75) is 32.3 Å². The first kappa shape index (κ1) is 13.9. The molecule has 3 nitrogen and oxygen atoms in total. The van der Waals surface area contributed by atoms with Crippen molar-refractivity contribution < 1.29 is 9.84 Å². The number of fused-ring (bicyclic) bond motifs is 1. The smallest absolute Gasteiger partial charge is 0.125 e. The lowest BCUT2D eigenvalue weighted by Gasteiger charge is -2.52. The normalized spacial score (nSPS) is 30.6. The molecular weight excluding hydrogens is 250 g/mol. The first-order valence-electron chi connectivity index (χ1n) is 7.58. The molecule has 1 saturated heterocycles. The first-order chi connectivity index (χ1) is 9.45. The highest BCUT2D eigenvalue weighted by Crippen LogP contribution is 2.53. The Hall–Kier alpha value is -1.06. The number of aliphatic hydroxyl groups is 1. The Bertz CT molecular complexity index is 492. The van der Waals surface area contributed by atoms with E-state index in [-0.39, 0.29) is 5.41 Å². The van der Waals surface area contributed by atoms with Crippen LogP contribution in [-0.2, 0) is 5.60 Å². The van der Waals surface area contributed by atoms with Crippen molar-refractivity contribution in [3.05, 3.63) is 29.8 Å². The number of ether oxygens (including phenoxy) is 1. The standard InChI is InChI=1S/C17H25NO2/c1-16(2)12-20-15-7-5-4-6-14(15)17(16,19)13-8-10-18(3)11-9-13/h4-7,13,19H,8-12H2,1-3H3. The molecule has 3 heteroatoms. The maximum atomic E-state index is 11.7. The Labute approximate surface area is 121 Å². The Morgan fingerprint density at radius 2 is 1.85 bits per heavy atom. The summed E-state index contributed by atoms with van der Waals surface area (Å²) in [5.74, 6) is 1.16. The number of benzene rings is 1. The van der Waals surface area contributed by atoms with Gasteiger partial charge in [0, 0.05) is 11.0 Å². The lowest BCUT2D eigenvalue weighted by Crippen LogP contribution is -2.55. The molecule has 0 spiro atoms. The summed E-state index contributed by atoms with van der Waals surface area (Å²) in [5, 5.41) is 11.7. The monoisotopic (exact) mass is 275 g/mol. The summed E-state index contributed by atoms with van der Waals surface area (Å²) in [6.07, 6.45) is 2.09. The van der Waals surface area contributed by atoms with Crippen molar-refractivity contribution in [2.24, 2.45) is 11.3 Å². The van der Waals surface area contributed by atoms with Gasteiger partial charge in [0.05, 0.1) is 6.61 Å². The summed E-state index contributed by atoms with van der Waals surface area (Å²) in [6, 6.07) is 7.99. The molecule has 0 amide bonds. The van der Waals surface area contributed by atoms with Gasteiger partial charge in [0.25, 0.3) is 0 Å². The molecule has 0 bridgehead atoms. The summed E-state index contributed by atoms with van der Waals surface area (Å²) in [7, 11) is 2.16. The molecule has 2 heterocycles. The summed E-state index contributed by atoms with van der Waals surface area (Å²) in [4.78, 5) is 2.35. The molecule has 0 aliphatic carbocycles. The molecule has 1 fully saturated rings. The second-order valence-electron chi connectivity index (χ2n) is 7.01. The molecule has 1 atom stereocenters. The van der Waals surface area contributed by atoms with Crippen LogP contribution < -0.4 is 4.74 Å². The molecule has 0 radical (unpaired) electrons. The van der Waals surface area contributed by atoms with E-state index in [9.17, 15) is 5.11 Å². The molecule has 1 aromatic carbocycles. The molecule has 3 rings (SSSR count). The minimum atomic E-state index is -0.789. The minimum Gasteiger partial charge on any atom is -0.493 e. The van der Waals surface area contributed by atoms with Crippen molar-refractivity contribution in [1.82, 2.24) is 4.90 Å². The van der Waals surface area contributed by atoms with Crippen LogP contribution in [0.3, 0.4) is 0 Å². The van der Waals surface area contributed by atoms with Crippen molar-refractivity contribution in [2.75, 3.05) is 26.7 Å². The summed E-state index contributed by atoms with van der Waals surface area (Å²) in [5.41, 5.74) is -0.0730. The van der Waals surface area contributed by atoms with Gasteiger partial charge in [0.15, 0.2) is 0 Å². The first-order valence-corrected chi connectivity index (χ1v) is 7.58. The van der Waals surface area contributed by atoms with Crippen LogP contribution in [0.2, 0.25) is 0 Å². The number of rotatable bonds is 1. The van der Waals surface area contributed by atoms with E-state index in [1.54, 1.807) is 0 Å². The zero-order valence-electron chi connectivity index (χ0n) is 12.7. The van der Waals surface area contributed by atoms with Crippen LogP contribution in [-0.4, -0.2) is 36.8 Å². The molecule has 2 aliphatic rings. The van der Waals surface area contributed by atoms with Gasteiger partial charge in [-0.15, -0.1) is 0 Å². The Morgan fingerprint density at radius 1 is 1.20 bits per heavy atom. The van der Waals surface area contributed by atoms with Gasteiger partial charge in [-0.25, -0.2) is 0 Å². The number of piperidine rings is 1. The number of hydrogen-bond acceptors (Lipinski definition) is 3. The van der Waals surface area contributed by atoms with Crippen LogP contribution >= 0.6 is 0 Å². The third kappa shape index (κ3) is 1.95. The second-order valence-corrected chi connectivity index (χ2v) is 7.01. The quantitative estimate of drug-likeness (QED) is 0.855. The van der Waals surface area contributed by atoms with Gasteiger partial charge in [-0.2, -0.15) is 0 Å². The van der Waals surface area contributed by atoms with Crippen LogP contribution in [0, 0.1) is 11.3 Å². The van der Waals surface area contributed by atoms with E-state index >= 15 is 0 Å². The van der Waals surface area contributed by atoms with Gasteiger partial charge in [0.2, 0.25) is 0 Å². The van der Waals surface area contributed by atoms with Crippen molar-refractivity contribution in [3.8, 4) is 5.75 Å². The van der Waals surface area contributed by atoms with E-state index in [1.807, 2.05) is 24.3 Å². The highest BCUT2D eigenvalue weighted by molar-refractivity contribution is 5.42. The predicted octanol–water partition coefficient (Wildman–Crippen LogP) is 2.63. The van der Waals surface area contributed by atoms with Crippen LogP contribution in [0.4, 0.5) is 0 Å². The molecule has 0 saturated carbocycles. The van der Waals surface area contributed by atoms with E-state index in [4.69, 9.17) is 4.74 Å². The van der Waals surface area contributed by atoms with Crippen LogP contribution in [0.25, 0.3) is 0 Å². The van der Waals surface area contributed by atoms with E-state index < -0.39 is 5.60 Å². The van der Waals surface area contributed by atoms with Gasteiger partial charge in [-0.05, 0) is 45.0 Å². The molecule has 2 aliphatic heterocycles. The summed E-state index contributed by atoms with van der Waals surface area (Å²) >= 11 is 0. The van der Waals surface area contributed by atoms with Crippen LogP contribution in [0.15, 0.2) is 24.3 Å². The zero-order valence-corrected chi connectivity index (χ0v) is 12.7. The average Bonchev–Trinajstić information content (AvgIpc) is 2.44. The van der Waals surface area contributed by atoms with E-state index in [0.717, 1.165) is 37.2 Å². The summed E-state index contributed by atoms with van der Waals surface area (Å²) in [6.45, 7) is 6.95. The Kier molecular flexibility index (Phi) is 3.30. The maximum absolute atomic E-state index is 11.7. The van der Waals surface area contributed by atoms with Gasteiger partial charge >= 0.3 is 0 Å². The van der Waals surface area contributed by atoms with Crippen LogP contribution in [0.5, 0.6) is 5.75 Å². The maximum Gasteiger partial charge on any atom is 0.125 e. The third-order valence-electron chi connectivity index (χ3n) is 5.23. The Balaban J connectivity index is 2.03. The molecular formula is C17H25NO2. The number of para-hydroxylation sites is 1.